The van der Waals surface area contributed by atoms with Gasteiger partial charge in [-0.25, -0.2) is 0 Å². The van der Waals surface area contributed by atoms with Crippen molar-refractivity contribution in [3.05, 3.63) is 87.2 Å². The van der Waals surface area contributed by atoms with Crippen molar-refractivity contribution in [1.82, 2.24) is 9.88 Å². The number of aromatic nitrogens is 1. The summed E-state index contributed by atoms with van der Waals surface area (Å²) in [7, 11) is 1.62. The summed E-state index contributed by atoms with van der Waals surface area (Å²) in [6.07, 6.45) is 3.12. The number of benzene rings is 2. The van der Waals surface area contributed by atoms with Crippen LogP contribution in [0.3, 0.4) is 0 Å². The standard InChI is InChI=1S/C27H30N2O3/c1-18-14-21(15-19(18)2)12-13-29-25-7-5-4-6-22(25)16-24(27(29)31)26(30)28-17-20-8-10-23(32-3)11-9-20/h4-11,16,21H,12-15,17H2,1-3H3,(H,28,30). The number of allylic oxidation sites excluding steroid dienone is 2. The third kappa shape index (κ3) is 4.62. The minimum absolute atomic E-state index is 0.189. The van der Waals surface area contributed by atoms with E-state index >= 15 is 0 Å². The highest BCUT2D eigenvalue weighted by Gasteiger charge is 2.21. The normalized spacial score (nSPS) is 14.2. The Morgan fingerprint density at radius 1 is 1.06 bits per heavy atom. The van der Waals surface area contributed by atoms with Crippen LogP contribution >= 0.6 is 0 Å². The van der Waals surface area contributed by atoms with Gasteiger partial charge in [0, 0.05) is 13.1 Å². The van der Waals surface area contributed by atoms with Gasteiger partial charge in [-0.3, -0.25) is 9.59 Å². The molecule has 0 aliphatic heterocycles. The van der Waals surface area contributed by atoms with Crippen molar-refractivity contribution in [2.24, 2.45) is 5.92 Å². The fraction of sp³-hybridized carbons (Fsp3) is 0.333. The molecule has 5 nitrogen and oxygen atoms in total. The number of carbonyl (C=O) groups excluding carboxylic acids is 1. The number of nitrogens with one attached hydrogen (secondary N) is 1. The fourth-order valence-corrected chi connectivity index (χ4v) is 4.54. The summed E-state index contributed by atoms with van der Waals surface area (Å²) in [5, 5.41) is 3.80. The van der Waals surface area contributed by atoms with Gasteiger partial charge in [-0.2, -0.15) is 0 Å². The number of hydrogen-bond donors (Lipinski definition) is 1. The van der Waals surface area contributed by atoms with Crippen molar-refractivity contribution in [3.8, 4) is 5.75 Å². The zero-order valence-electron chi connectivity index (χ0n) is 19.0. The lowest BCUT2D eigenvalue weighted by atomic mass is 10.0. The molecule has 4 rings (SSSR count). The van der Waals surface area contributed by atoms with Crippen molar-refractivity contribution < 1.29 is 9.53 Å². The number of nitrogens with zero attached hydrogens (tertiary/aromatic N) is 1. The molecule has 0 bridgehead atoms. The van der Waals surface area contributed by atoms with E-state index in [0.29, 0.717) is 19.0 Å². The Kier molecular flexibility index (Phi) is 6.45. The highest BCUT2D eigenvalue weighted by molar-refractivity contribution is 5.97. The molecule has 0 fully saturated rings. The van der Waals surface area contributed by atoms with Gasteiger partial charge >= 0.3 is 0 Å². The van der Waals surface area contributed by atoms with E-state index in [0.717, 1.165) is 41.5 Å². The lowest BCUT2D eigenvalue weighted by molar-refractivity contribution is 0.0949. The van der Waals surface area contributed by atoms with Crippen molar-refractivity contribution in [3.63, 3.8) is 0 Å². The molecule has 1 aliphatic rings. The molecule has 3 aromatic rings. The quantitative estimate of drug-likeness (QED) is 0.532. The summed E-state index contributed by atoms with van der Waals surface area (Å²) in [4.78, 5) is 26.3. The molecule has 1 heterocycles. The first-order valence-corrected chi connectivity index (χ1v) is 11.1. The lowest BCUT2D eigenvalue weighted by Gasteiger charge is -2.16. The maximum atomic E-state index is 13.3. The topological polar surface area (TPSA) is 60.3 Å². The number of fused-ring (bicyclic) bond motifs is 1. The van der Waals surface area contributed by atoms with Crippen LogP contribution in [0.5, 0.6) is 5.75 Å². The highest BCUT2D eigenvalue weighted by atomic mass is 16.5. The Morgan fingerprint density at radius 2 is 1.75 bits per heavy atom. The average Bonchev–Trinajstić information content (AvgIpc) is 3.13. The Morgan fingerprint density at radius 3 is 2.44 bits per heavy atom. The first-order valence-electron chi connectivity index (χ1n) is 11.1. The van der Waals surface area contributed by atoms with E-state index in [9.17, 15) is 9.59 Å². The molecule has 0 unspecified atom stereocenters. The average molecular weight is 431 g/mol. The van der Waals surface area contributed by atoms with Crippen molar-refractivity contribution in [2.75, 3.05) is 7.11 Å². The SMILES string of the molecule is COc1ccc(CNC(=O)c2cc3ccccc3n(CCC3CC(C)=C(C)C3)c2=O)cc1. The molecule has 1 aromatic heterocycles. The second-order valence-electron chi connectivity index (χ2n) is 8.73. The Hall–Kier alpha value is -3.34. The van der Waals surface area contributed by atoms with E-state index in [1.165, 1.54) is 11.1 Å². The Labute approximate surface area is 188 Å². The number of ether oxygens (including phenoxy) is 1. The second-order valence-corrected chi connectivity index (χ2v) is 8.73. The first kappa shape index (κ1) is 21.9. The van der Waals surface area contributed by atoms with E-state index < -0.39 is 0 Å². The zero-order chi connectivity index (χ0) is 22.7. The molecule has 1 amide bonds. The van der Waals surface area contributed by atoms with Crippen molar-refractivity contribution in [1.29, 1.82) is 0 Å². The maximum absolute atomic E-state index is 13.3. The van der Waals surface area contributed by atoms with Crippen LogP contribution < -0.4 is 15.6 Å². The van der Waals surface area contributed by atoms with Gasteiger partial charge in [-0.05, 0) is 74.2 Å². The van der Waals surface area contributed by atoms with Gasteiger partial charge in [-0.1, -0.05) is 41.5 Å². The van der Waals surface area contributed by atoms with Crippen LogP contribution in [0.4, 0.5) is 0 Å². The van der Waals surface area contributed by atoms with Gasteiger partial charge in [0.2, 0.25) is 0 Å². The van der Waals surface area contributed by atoms with Crippen LogP contribution in [0.15, 0.2) is 70.5 Å². The molecule has 32 heavy (non-hydrogen) atoms. The van der Waals surface area contributed by atoms with Gasteiger partial charge in [-0.15, -0.1) is 0 Å². The molecule has 0 radical (unpaired) electrons. The number of carbonyl (C=O) groups is 1. The third-order valence-electron chi connectivity index (χ3n) is 6.54. The number of pyridine rings is 1. The largest absolute Gasteiger partial charge is 0.497 e. The van der Waals surface area contributed by atoms with Gasteiger partial charge < -0.3 is 14.6 Å². The third-order valence-corrected chi connectivity index (χ3v) is 6.54. The van der Waals surface area contributed by atoms with Gasteiger partial charge in [0.15, 0.2) is 0 Å². The van der Waals surface area contributed by atoms with Crippen LogP contribution in [0.25, 0.3) is 10.9 Å². The fourth-order valence-electron chi connectivity index (χ4n) is 4.54. The molecule has 2 aromatic carbocycles. The molecule has 1 aliphatic carbocycles. The number of methoxy groups -OCH3 is 1. The van der Waals surface area contributed by atoms with E-state index in [-0.39, 0.29) is 17.0 Å². The predicted octanol–water partition coefficient (Wildman–Crippen LogP) is 5.08. The number of aryl methyl sites for hydroxylation is 1. The van der Waals surface area contributed by atoms with Crippen molar-refractivity contribution >= 4 is 16.8 Å². The van der Waals surface area contributed by atoms with Gasteiger partial charge in [0.25, 0.3) is 11.5 Å². The molecule has 0 atom stereocenters. The highest BCUT2D eigenvalue weighted by Crippen LogP contribution is 2.33. The maximum Gasteiger partial charge on any atom is 0.263 e. The first-order chi connectivity index (χ1) is 15.5. The molecule has 5 heteroatoms. The minimum Gasteiger partial charge on any atom is -0.497 e. The van der Waals surface area contributed by atoms with Crippen LogP contribution in [0, 0.1) is 5.92 Å². The molecule has 166 valence electrons. The second kappa shape index (κ2) is 9.43. The van der Waals surface area contributed by atoms with E-state index in [1.807, 2.05) is 48.5 Å². The number of hydrogen-bond acceptors (Lipinski definition) is 3. The lowest BCUT2D eigenvalue weighted by Crippen LogP contribution is -2.33. The molecule has 1 N–H and O–H groups in total. The van der Waals surface area contributed by atoms with Crippen LogP contribution in [0.2, 0.25) is 0 Å². The van der Waals surface area contributed by atoms with E-state index in [4.69, 9.17) is 4.74 Å². The Bertz CT molecular complexity index is 1210. The minimum atomic E-state index is -0.348. The molecule has 0 saturated heterocycles. The summed E-state index contributed by atoms with van der Waals surface area (Å²) >= 11 is 0. The number of amides is 1. The molecule has 0 saturated carbocycles. The van der Waals surface area contributed by atoms with Gasteiger partial charge in [0.05, 0.1) is 12.6 Å². The molecule has 0 spiro atoms. The summed E-state index contributed by atoms with van der Waals surface area (Å²) in [5.74, 6) is 0.980. The summed E-state index contributed by atoms with van der Waals surface area (Å²) in [6.45, 7) is 5.36. The van der Waals surface area contributed by atoms with Crippen LogP contribution in [-0.4, -0.2) is 17.6 Å². The summed E-state index contributed by atoms with van der Waals surface area (Å²) in [6, 6.07) is 17.0. The monoisotopic (exact) mass is 430 g/mol. The van der Waals surface area contributed by atoms with Gasteiger partial charge in [0.1, 0.15) is 11.3 Å². The molecular weight excluding hydrogens is 400 g/mol. The van der Waals surface area contributed by atoms with Crippen molar-refractivity contribution in [2.45, 2.75) is 46.2 Å². The summed E-state index contributed by atoms with van der Waals surface area (Å²) < 4.78 is 6.95. The zero-order valence-corrected chi connectivity index (χ0v) is 19.0. The number of rotatable bonds is 7. The van der Waals surface area contributed by atoms with E-state index in [1.54, 1.807) is 17.7 Å². The Balaban J connectivity index is 1.55. The smallest absolute Gasteiger partial charge is 0.263 e. The van der Waals surface area contributed by atoms with Crippen LogP contribution in [-0.2, 0) is 13.1 Å². The summed E-state index contributed by atoms with van der Waals surface area (Å²) in [5.41, 5.74) is 4.73. The molecular formula is C27H30N2O3. The number of para-hydroxylation sites is 1. The van der Waals surface area contributed by atoms with Crippen LogP contribution in [0.1, 0.15) is 49.0 Å². The van der Waals surface area contributed by atoms with E-state index in [2.05, 4.69) is 19.2 Å². The predicted molar refractivity (Wildman–Crippen MR) is 128 cm³/mol.